The molecule has 0 aliphatic heterocycles. The topological polar surface area (TPSA) is 77.8 Å². The van der Waals surface area contributed by atoms with Crippen LogP contribution in [0.1, 0.15) is 40.5 Å². The smallest absolute Gasteiger partial charge is 0.160 e. The third-order valence-electron chi connectivity index (χ3n) is 5.65. The van der Waals surface area contributed by atoms with Crippen LogP contribution in [0, 0.1) is 16.7 Å². The van der Waals surface area contributed by atoms with Gasteiger partial charge in [-0.1, -0.05) is 20.8 Å². The SMILES string of the molecule is CC1=CC(=O)[C@@H]2C(C)(C)[C@@H](O)CC[C@@]2(C)[C@@]1(O)CO. The molecule has 1 saturated carbocycles. The predicted octanol–water partition coefficient (Wildman–Crippen LogP) is 1.04. The summed E-state index contributed by atoms with van der Waals surface area (Å²) in [7, 11) is 0. The van der Waals surface area contributed by atoms with Crippen molar-refractivity contribution in [2.24, 2.45) is 16.7 Å². The van der Waals surface area contributed by atoms with E-state index in [1.54, 1.807) is 6.92 Å². The van der Waals surface area contributed by atoms with Gasteiger partial charge in [0.1, 0.15) is 5.60 Å². The first kappa shape index (κ1) is 14.7. The zero-order valence-electron chi connectivity index (χ0n) is 12.1. The van der Waals surface area contributed by atoms with Gasteiger partial charge in [-0.15, -0.1) is 0 Å². The molecule has 0 aromatic carbocycles. The second-order valence-electron chi connectivity index (χ2n) is 6.97. The number of hydrogen-bond donors (Lipinski definition) is 3. The van der Waals surface area contributed by atoms with E-state index in [1.807, 2.05) is 20.8 Å². The Balaban J connectivity index is 2.63. The van der Waals surface area contributed by atoms with Gasteiger partial charge in [0.2, 0.25) is 0 Å². The summed E-state index contributed by atoms with van der Waals surface area (Å²) in [5, 5.41) is 30.8. The molecular formula is C15H24O4. The van der Waals surface area contributed by atoms with Crippen molar-refractivity contribution in [2.45, 2.75) is 52.2 Å². The first-order valence-corrected chi connectivity index (χ1v) is 6.85. The Labute approximate surface area is 114 Å². The van der Waals surface area contributed by atoms with Crippen molar-refractivity contribution in [3.05, 3.63) is 11.6 Å². The largest absolute Gasteiger partial charge is 0.393 e. The Hall–Kier alpha value is -0.710. The maximum absolute atomic E-state index is 12.4. The van der Waals surface area contributed by atoms with Crippen molar-refractivity contribution in [1.29, 1.82) is 0 Å². The van der Waals surface area contributed by atoms with Gasteiger partial charge in [-0.3, -0.25) is 4.79 Å². The van der Waals surface area contributed by atoms with Crippen LogP contribution in [0.25, 0.3) is 0 Å². The molecule has 0 unspecified atom stereocenters. The Morgan fingerprint density at radius 2 is 1.95 bits per heavy atom. The summed E-state index contributed by atoms with van der Waals surface area (Å²) in [5.41, 5.74) is -2.21. The number of rotatable bonds is 1. The van der Waals surface area contributed by atoms with E-state index in [-0.39, 0.29) is 5.78 Å². The van der Waals surface area contributed by atoms with E-state index in [2.05, 4.69) is 0 Å². The van der Waals surface area contributed by atoms with Crippen LogP contribution in [0.2, 0.25) is 0 Å². The van der Waals surface area contributed by atoms with E-state index in [0.717, 1.165) is 0 Å². The van der Waals surface area contributed by atoms with Crippen LogP contribution in [0.3, 0.4) is 0 Å². The Morgan fingerprint density at radius 3 is 2.47 bits per heavy atom. The number of fused-ring (bicyclic) bond motifs is 1. The van der Waals surface area contributed by atoms with E-state index < -0.39 is 35.1 Å². The monoisotopic (exact) mass is 268 g/mol. The van der Waals surface area contributed by atoms with E-state index >= 15 is 0 Å². The van der Waals surface area contributed by atoms with Crippen LogP contribution in [-0.2, 0) is 4.79 Å². The molecule has 0 aromatic rings. The second-order valence-corrected chi connectivity index (χ2v) is 6.97. The molecule has 19 heavy (non-hydrogen) atoms. The lowest BCUT2D eigenvalue weighted by atomic mass is 9.46. The summed E-state index contributed by atoms with van der Waals surface area (Å²) < 4.78 is 0. The van der Waals surface area contributed by atoms with Crippen molar-refractivity contribution in [3.63, 3.8) is 0 Å². The van der Waals surface area contributed by atoms with Crippen LogP contribution in [0.5, 0.6) is 0 Å². The molecule has 2 aliphatic rings. The lowest BCUT2D eigenvalue weighted by molar-refractivity contribution is -0.191. The number of carbonyl (C=O) groups is 1. The molecule has 1 fully saturated rings. The molecule has 4 nitrogen and oxygen atoms in total. The third kappa shape index (κ3) is 1.66. The number of aliphatic hydroxyl groups is 3. The standard InChI is InChI=1S/C15H24O4/c1-9-7-10(17)12-13(2,3)11(18)5-6-14(12,4)15(9,19)8-16/h7,11-12,16,18-19H,5-6,8H2,1-4H3/t11-,12+,14+,15+/m0/s1. The second kappa shape index (κ2) is 4.14. The molecule has 108 valence electrons. The van der Waals surface area contributed by atoms with Crippen LogP contribution < -0.4 is 0 Å². The maximum Gasteiger partial charge on any atom is 0.160 e. The summed E-state index contributed by atoms with van der Waals surface area (Å²) in [6.07, 6.45) is 1.92. The van der Waals surface area contributed by atoms with Gasteiger partial charge in [-0.05, 0) is 31.4 Å². The normalized spacial score (nSPS) is 45.6. The van der Waals surface area contributed by atoms with E-state index in [0.29, 0.717) is 18.4 Å². The maximum atomic E-state index is 12.4. The molecule has 4 heteroatoms. The summed E-state index contributed by atoms with van der Waals surface area (Å²) in [6.45, 7) is 6.87. The van der Waals surface area contributed by atoms with Crippen molar-refractivity contribution in [2.75, 3.05) is 6.61 Å². The highest BCUT2D eigenvalue weighted by Gasteiger charge is 2.64. The number of allylic oxidation sites excluding steroid dienone is 1. The molecule has 0 bridgehead atoms. The Kier molecular flexibility index (Phi) is 3.20. The van der Waals surface area contributed by atoms with Crippen molar-refractivity contribution in [3.8, 4) is 0 Å². The minimum Gasteiger partial charge on any atom is -0.393 e. The number of ketones is 1. The summed E-state index contributed by atoms with van der Waals surface area (Å²) in [4.78, 5) is 12.4. The van der Waals surface area contributed by atoms with Crippen LogP contribution >= 0.6 is 0 Å². The average Bonchev–Trinajstić information content (AvgIpc) is 2.31. The highest BCUT2D eigenvalue weighted by atomic mass is 16.3. The van der Waals surface area contributed by atoms with E-state index in [4.69, 9.17) is 0 Å². The van der Waals surface area contributed by atoms with Gasteiger partial charge in [0, 0.05) is 16.7 Å². The van der Waals surface area contributed by atoms with Gasteiger partial charge < -0.3 is 15.3 Å². The van der Waals surface area contributed by atoms with E-state index in [1.165, 1.54) is 6.08 Å². The minimum atomic E-state index is -1.39. The van der Waals surface area contributed by atoms with Crippen LogP contribution in [0.15, 0.2) is 11.6 Å². The fourth-order valence-electron chi connectivity index (χ4n) is 4.26. The van der Waals surface area contributed by atoms with Gasteiger partial charge in [0.05, 0.1) is 12.7 Å². The van der Waals surface area contributed by atoms with Crippen LogP contribution in [-0.4, -0.2) is 39.4 Å². The van der Waals surface area contributed by atoms with Gasteiger partial charge in [-0.25, -0.2) is 0 Å². The van der Waals surface area contributed by atoms with Gasteiger partial charge in [0.15, 0.2) is 5.78 Å². The van der Waals surface area contributed by atoms with Crippen LogP contribution in [0.4, 0.5) is 0 Å². The summed E-state index contributed by atoms with van der Waals surface area (Å²) in [5.74, 6) is -0.536. The molecule has 0 spiro atoms. The van der Waals surface area contributed by atoms with Gasteiger partial charge >= 0.3 is 0 Å². The number of aliphatic hydroxyl groups excluding tert-OH is 2. The highest BCUT2D eigenvalue weighted by Crippen LogP contribution is 2.59. The average molecular weight is 268 g/mol. The fourth-order valence-corrected chi connectivity index (χ4v) is 4.26. The molecule has 0 aromatic heterocycles. The Bertz CT molecular complexity index is 439. The molecule has 0 radical (unpaired) electrons. The third-order valence-corrected chi connectivity index (χ3v) is 5.65. The molecule has 3 N–H and O–H groups in total. The quantitative estimate of drug-likeness (QED) is 0.664. The zero-order chi connectivity index (χ0) is 14.6. The minimum absolute atomic E-state index is 0.0538. The summed E-state index contributed by atoms with van der Waals surface area (Å²) in [6, 6.07) is 0. The van der Waals surface area contributed by atoms with Gasteiger partial charge in [0.25, 0.3) is 0 Å². The zero-order valence-corrected chi connectivity index (χ0v) is 12.1. The molecular weight excluding hydrogens is 244 g/mol. The predicted molar refractivity (Wildman–Crippen MR) is 71.4 cm³/mol. The lowest BCUT2D eigenvalue weighted by Gasteiger charge is -2.59. The molecule has 0 heterocycles. The molecule has 2 rings (SSSR count). The first-order chi connectivity index (χ1) is 8.61. The van der Waals surface area contributed by atoms with Crippen molar-refractivity contribution < 1.29 is 20.1 Å². The Morgan fingerprint density at radius 1 is 1.37 bits per heavy atom. The summed E-state index contributed by atoms with van der Waals surface area (Å²) >= 11 is 0. The molecule has 4 atom stereocenters. The fraction of sp³-hybridized carbons (Fsp3) is 0.800. The van der Waals surface area contributed by atoms with Crippen molar-refractivity contribution in [1.82, 2.24) is 0 Å². The number of carbonyl (C=O) groups excluding carboxylic acids is 1. The number of hydrogen-bond acceptors (Lipinski definition) is 4. The van der Waals surface area contributed by atoms with E-state index in [9.17, 15) is 20.1 Å². The molecule has 0 saturated heterocycles. The van der Waals surface area contributed by atoms with Gasteiger partial charge in [-0.2, -0.15) is 0 Å². The first-order valence-electron chi connectivity index (χ1n) is 6.85. The molecule has 2 aliphatic carbocycles. The van der Waals surface area contributed by atoms with Crippen molar-refractivity contribution >= 4 is 5.78 Å². The lowest BCUT2D eigenvalue weighted by Crippen LogP contribution is -2.65. The highest BCUT2D eigenvalue weighted by molar-refractivity contribution is 5.95. The molecule has 0 amide bonds.